The molecule has 0 aromatic carbocycles. The molecule has 1 saturated heterocycles. The topological polar surface area (TPSA) is 52.6 Å². The van der Waals surface area contributed by atoms with E-state index >= 15 is 0 Å². The standard InChI is InChI=1S/C14H26N2O2/c1-2-15-14(18)16-10-6-5-8-12(16)11-7-3-4-9-13(11)17/h11-13,17H,2-10H2,1H3,(H,15,18). The van der Waals surface area contributed by atoms with Crippen LogP contribution in [0.2, 0.25) is 0 Å². The van der Waals surface area contributed by atoms with Crippen molar-refractivity contribution in [1.29, 1.82) is 0 Å². The third kappa shape index (κ3) is 2.97. The van der Waals surface area contributed by atoms with Gasteiger partial charge in [0.05, 0.1) is 6.10 Å². The number of aliphatic hydroxyl groups is 1. The van der Waals surface area contributed by atoms with Gasteiger partial charge in [-0.15, -0.1) is 0 Å². The van der Waals surface area contributed by atoms with Crippen molar-refractivity contribution in [3.05, 3.63) is 0 Å². The van der Waals surface area contributed by atoms with Crippen LogP contribution in [0.4, 0.5) is 4.79 Å². The number of aliphatic hydroxyl groups excluding tert-OH is 1. The van der Waals surface area contributed by atoms with Crippen molar-refractivity contribution in [3.63, 3.8) is 0 Å². The lowest BCUT2D eigenvalue weighted by atomic mass is 9.78. The monoisotopic (exact) mass is 254 g/mol. The van der Waals surface area contributed by atoms with E-state index in [0.717, 1.165) is 38.6 Å². The van der Waals surface area contributed by atoms with E-state index in [4.69, 9.17) is 0 Å². The molecule has 2 amide bonds. The van der Waals surface area contributed by atoms with Crippen LogP contribution in [-0.4, -0.2) is 41.3 Å². The summed E-state index contributed by atoms with van der Waals surface area (Å²) < 4.78 is 0. The lowest BCUT2D eigenvalue weighted by Gasteiger charge is -2.43. The summed E-state index contributed by atoms with van der Waals surface area (Å²) in [6.07, 6.45) is 7.43. The van der Waals surface area contributed by atoms with E-state index in [2.05, 4.69) is 5.32 Å². The Morgan fingerprint density at radius 1 is 1.22 bits per heavy atom. The Balaban J connectivity index is 2.04. The van der Waals surface area contributed by atoms with E-state index in [1.807, 2.05) is 11.8 Å². The number of carbonyl (C=O) groups excluding carboxylic acids is 1. The van der Waals surface area contributed by atoms with Crippen LogP contribution in [0.25, 0.3) is 0 Å². The van der Waals surface area contributed by atoms with Crippen molar-refractivity contribution in [3.8, 4) is 0 Å². The van der Waals surface area contributed by atoms with Crippen molar-refractivity contribution in [2.24, 2.45) is 5.92 Å². The Hall–Kier alpha value is -0.770. The molecule has 1 aliphatic heterocycles. The van der Waals surface area contributed by atoms with Gasteiger partial charge in [-0.25, -0.2) is 4.79 Å². The first-order valence-electron chi connectivity index (χ1n) is 7.46. The zero-order chi connectivity index (χ0) is 13.0. The van der Waals surface area contributed by atoms with Crippen LogP contribution in [0.5, 0.6) is 0 Å². The number of nitrogens with one attached hydrogen (secondary N) is 1. The van der Waals surface area contributed by atoms with Gasteiger partial charge in [0.2, 0.25) is 0 Å². The first-order chi connectivity index (χ1) is 8.74. The molecule has 18 heavy (non-hydrogen) atoms. The molecule has 3 unspecified atom stereocenters. The van der Waals surface area contributed by atoms with E-state index in [1.165, 1.54) is 12.8 Å². The highest BCUT2D eigenvalue weighted by molar-refractivity contribution is 5.74. The Labute approximate surface area is 110 Å². The van der Waals surface area contributed by atoms with Gasteiger partial charge in [-0.05, 0) is 39.0 Å². The molecule has 1 aliphatic carbocycles. The molecule has 0 aromatic rings. The molecule has 0 spiro atoms. The van der Waals surface area contributed by atoms with Crippen LogP contribution >= 0.6 is 0 Å². The molecule has 0 bridgehead atoms. The van der Waals surface area contributed by atoms with Crippen LogP contribution in [0.3, 0.4) is 0 Å². The van der Waals surface area contributed by atoms with Gasteiger partial charge in [0.15, 0.2) is 0 Å². The number of hydrogen-bond donors (Lipinski definition) is 2. The Morgan fingerprint density at radius 2 is 1.94 bits per heavy atom. The average molecular weight is 254 g/mol. The average Bonchev–Trinajstić information content (AvgIpc) is 2.40. The Morgan fingerprint density at radius 3 is 2.67 bits per heavy atom. The van der Waals surface area contributed by atoms with Gasteiger partial charge in [-0.1, -0.05) is 12.8 Å². The number of carbonyl (C=O) groups is 1. The molecule has 2 fully saturated rings. The zero-order valence-corrected chi connectivity index (χ0v) is 11.4. The van der Waals surface area contributed by atoms with E-state index in [0.29, 0.717) is 12.5 Å². The maximum absolute atomic E-state index is 12.1. The van der Waals surface area contributed by atoms with Gasteiger partial charge in [-0.2, -0.15) is 0 Å². The van der Waals surface area contributed by atoms with Crippen molar-refractivity contribution in [1.82, 2.24) is 10.2 Å². The van der Waals surface area contributed by atoms with E-state index < -0.39 is 0 Å². The summed E-state index contributed by atoms with van der Waals surface area (Å²) in [6.45, 7) is 3.47. The highest BCUT2D eigenvalue weighted by Crippen LogP contribution is 2.33. The fourth-order valence-electron chi connectivity index (χ4n) is 3.50. The molecule has 2 aliphatic rings. The number of nitrogens with zero attached hydrogens (tertiary/aromatic N) is 1. The fourth-order valence-corrected chi connectivity index (χ4v) is 3.50. The fraction of sp³-hybridized carbons (Fsp3) is 0.929. The van der Waals surface area contributed by atoms with E-state index in [-0.39, 0.29) is 18.2 Å². The van der Waals surface area contributed by atoms with Gasteiger partial charge >= 0.3 is 6.03 Å². The highest BCUT2D eigenvalue weighted by atomic mass is 16.3. The highest BCUT2D eigenvalue weighted by Gasteiger charge is 2.37. The normalized spacial score (nSPS) is 33.2. The minimum absolute atomic E-state index is 0.0555. The predicted molar refractivity (Wildman–Crippen MR) is 71.4 cm³/mol. The van der Waals surface area contributed by atoms with Gasteiger partial charge in [-0.3, -0.25) is 0 Å². The maximum Gasteiger partial charge on any atom is 0.317 e. The number of rotatable bonds is 2. The van der Waals surface area contributed by atoms with Crippen molar-refractivity contribution >= 4 is 6.03 Å². The molecule has 2 N–H and O–H groups in total. The molecule has 1 heterocycles. The third-order valence-electron chi connectivity index (χ3n) is 4.41. The zero-order valence-electron chi connectivity index (χ0n) is 11.4. The SMILES string of the molecule is CCNC(=O)N1CCCCC1C1CCCCC1O. The molecule has 3 atom stereocenters. The number of amides is 2. The molecule has 2 rings (SSSR count). The predicted octanol–water partition coefficient (Wildman–Crippen LogP) is 2.12. The maximum atomic E-state index is 12.1. The minimum atomic E-state index is -0.209. The number of likely N-dealkylation sites (tertiary alicyclic amines) is 1. The van der Waals surface area contributed by atoms with Crippen LogP contribution in [0.15, 0.2) is 0 Å². The molecule has 104 valence electrons. The summed E-state index contributed by atoms with van der Waals surface area (Å²) in [5.74, 6) is 0.293. The second kappa shape index (κ2) is 6.41. The largest absolute Gasteiger partial charge is 0.393 e. The molecular weight excluding hydrogens is 228 g/mol. The van der Waals surface area contributed by atoms with E-state index in [9.17, 15) is 9.90 Å². The van der Waals surface area contributed by atoms with Gasteiger partial charge in [0.1, 0.15) is 0 Å². The van der Waals surface area contributed by atoms with Crippen LogP contribution < -0.4 is 5.32 Å². The smallest absolute Gasteiger partial charge is 0.317 e. The minimum Gasteiger partial charge on any atom is -0.393 e. The van der Waals surface area contributed by atoms with Crippen LogP contribution in [0, 0.1) is 5.92 Å². The van der Waals surface area contributed by atoms with Gasteiger partial charge < -0.3 is 15.3 Å². The molecule has 4 heteroatoms. The number of piperidine rings is 1. The van der Waals surface area contributed by atoms with Gasteiger partial charge in [0, 0.05) is 25.0 Å². The number of urea groups is 1. The summed E-state index contributed by atoms with van der Waals surface area (Å²) >= 11 is 0. The van der Waals surface area contributed by atoms with Crippen LogP contribution in [-0.2, 0) is 0 Å². The summed E-state index contributed by atoms with van der Waals surface area (Å²) in [7, 11) is 0. The first kappa shape index (κ1) is 13.7. The van der Waals surface area contributed by atoms with Crippen molar-refractivity contribution < 1.29 is 9.90 Å². The summed E-state index contributed by atoms with van der Waals surface area (Å²) in [5.41, 5.74) is 0. The lowest BCUT2D eigenvalue weighted by molar-refractivity contribution is 0.00848. The lowest BCUT2D eigenvalue weighted by Crippen LogP contribution is -2.54. The Kier molecular flexibility index (Phi) is 4.87. The second-order valence-electron chi connectivity index (χ2n) is 5.61. The Bertz CT molecular complexity index is 283. The molecule has 0 radical (unpaired) electrons. The van der Waals surface area contributed by atoms with E-state index in [1.54, 1.807) is 0 Å². The van der Waals surface area contributed by atoms with Crippen molar-refractivity contribution in [2.45, 2.75) is 64.0 Å². The summed E-state index contributed by atoms with van der Waals surface area (Å²) in [5, 5.41) is 13.1. The first-order valence-corrected chi connectivity index (χ1v) is 7.46. The molecule has 0 aromatic heterocycles. The third-order valence-corrected chi connectivity index (χ3v) is 4.41. The summed E-state index contributed by atoms with van der Waals surface area (Å²) in [4.78, 5) is 14.1. The quantitative estimate of drug-likeness (QED) is 0.793. The molecule has 1 saturated carbocycles. The summed E-state index contributed by atoms with van der Waals surface area (Å²) in [6, 6.07) is 0.306. The van der Waals surface area contributed by atoms with Crippen LogP contribution in [0.1, 0.15) is 51.9 Å². The number of hydrogen-bond acceptors (Lipinski definition) is 2. The second-order valence-corrected chi connectivity index (χ2v) is 5.61. The molecular formula is C14H26N2O2. The van der Waals surface area contributed by atoms with Crippen molar-refractivity contribution in [2.75, 3.05) is 13.1 Å². The molecule has 4 nitrogen and oxygen atoms in total. The van der Waals surface area contributed by atoms with Gasteiger partial charge in [0.25, 0.3) is 0 Å².